The van der Waals surface area contributed by atoms with Gasteiger partial charge >= 0.3 is 6.18 Å². The Morgan fingerprint density at radius 2 is 1.69 bits per heavy atom. The van der Waals surface area contributed by atoms with Crippen LogP contribution in [-0.2, 0) is 11.0 Å². The van der Waals surface area contributed by atoms with Crippen LogP contribution in [0.25, 0.3) is 0 Å². The highest BCUT2D eigenvalue weighted by atomic mass is 19.4. The van der Waals surface area contributed by atoms with E-state index in [0.29, 0.717) is 5.69 Å². The van der Waals surface area contributed by atoms with Crippen molar-refractivity contribution < 1.29 is 22.8 Å². The molecule has 2 amide bonds. The van der Waals surface area contributed by atoms with Crippen LogP contribution in [0.4, 0.5) is 24.5 Å². The molecule has 0 radical (unpaired) electrons. The Kier molecular flexibility index (Phi) is 7.21. The van der Waals surface area contributed by atoms with Gasteiger partial charge < -0.3 is 16.0 Å². The minimum absolute atomic E-state index is 0.0212. The van der Waals surface area contributed by atoms with Gasteiger partial charge in [0.15, 0.2) is 0 Å². The van der Waals surface area contributed by atoms with Crippen molar-refractivity contribution in [3.63, 3.8) is 0 Å². The van der Waals surface area contributed by atoms with E-state index in [9.17, 15) is 22.8 Å². The maximum Gasteiger partial charge on any atom is 0.416 e. The highest BCUT2D eigenvalue weighted by Crippen LogP contribution is 2.30. The van der Waals surface area contributed by atoms with Crippen molar-refractivity contribution in [2.24, 2.45) is 0 Å². The number of rotatable bonds is 7. The van der Waals surface area contributed by atoms with Gasteiger partial charge in [-0.2, -0.15) is 13.2 Å². The van der Waals surface area contributed by atoms with E-state index in [-0.39, 0.29) is 29.7 Å². The molecule has 0 saturated heterocycles. The molecule has 2 aromatic carbocycles. The van der Waals surface area contributed by atoms with Crippen LogP contribution in [0.5, 0.6) is 0 Å². The number of pyridine rings is 1. The van der Waals surface area contributed by atoms with Gasteiger partial charge in [-0.25, -0.2) is 0 Å². The summed E-state index contributed by atoms with van der Waals surface area (Å²) < 4.78 is 38.6. The number of amides is 2. The normalized spacial score (nSPS) is 12.1. The zero-order valence-corrected chi connectivity index (χ0v) is 17.1. The van der Waals surface area contributed by atoms with Crippen LogP contribution in [0.3, 0.4) is 0 Å². The Balaban J connectivity index is 1.59. The molecular formula is C23H21F3N4O2. The smallest absolute Gasteiger partial charge is 0.325 e. The van der Waals surface area contributed by atoms with Crippen LogP contribution in [0.2, 0.25) is 0 Å². The first-order valence-corrected chi connectivity index (χ1v) is 9.74. The molecule has 3 N–H and O–H groups in total. The Morgan fingerprint density at radius 1 is 0.969 bits per heavy atom. The van der Waals surface area contributed by atoms with Crippen molar-refractivity contribution in [1.82, 2.24) is 10.3 Å². The molecule has 3 rings (SSSR count). The molecule has 0 aliphatic carbocycles. The summed E-state index contributed by atoms with van der Waals surface area (Å²) in [5.41, 5.74) is 0.685. The molecule has 0 bridgehead atoms. The maximum atomic E-state index is 12.9. The lowest BCUT2D eigenvalue weighted by molar-refractivity contribution is -0.137. The lowest BCUT2D eigenvalue weighted by Crippen LogP contribution is -2.30. The fourth-order valence-electron chi connectivity index (χ4n) is 2.92. The SMILES string of the molecule is CC(NCC(=O)Nc1cccc(C(=O)Nc2cccc(C(F)(F)F)c2)c1)c1cccnc1. The highest BCUT2D eigenvalue weighted by Gasteiger charge is 2.30. The van der Waals surface area contributed by atoms with E-state index < -0.39 is 17.6 Å². The molecule has 1 atom stereocenters. The maximum absolute atomic E-state index is 12.9. The van der Waals surface area contributed by atoms with Crippen molar-refractivity contribution in [3.8, 4) is 0 Å². The van der Waals surface area contributed by atoms with Crippen molar-refractivity contribution in [2.75, 3.05) is 17.2 Å². The standard InChI is InChI=1S/C23H21F3N4O2/c1-15(17-6-4-10-27-13-17)28-14-21(31)29-19-8-2-5-16(11-19)22(32)30-20-9-3-7-18(12-20)23(24,25)26/h2-13,15,28H,14H2,1H3,(H,29,31)(H,30,32). The minimum atomic E-state index is -4.51. The van der Waals surface area contributed by atoms with Crippen LogP contribution in [0.1, 0.15) is 34.5 Å². The first-order chi connectivity index (χ1) is 15.2. The number of nitrogens with zero attached hydrogens (tertiary/aromatic N) is 1. The van der Waals surface area contributed by atoms with Gasteiger partial charge in [-0.3, -0.25) is 14.6 Å². The predicted molar refractivity (Wildman–Crippen MR) is 115 cm³/mol. The number of hydrogen-bond donors (Lipinski definition) is 3. The molecular weight excluding hydrogens is 421 g/mol. The van der Waals surface area contributed by atoms with E-state index in [1.54, 1.807) is 24.5 Å². The van der Waals surface area contributed by atoms with Crippen LogP contribution in [-0.4, -0.2) is 23.3 Å². The summed E-state index contributed by atoms with van der Waals surface area (Å²) in [4.78, 5) is 28.8. The molecule has 1 aromatic heterocycles. The molecule has 166 valence electrons. The molecule has 9 heteroatoms. The number of carbonyl (C=O) groups is 2. The average Bonchev–Trinajstić information content (AvgIpc) is 2.78. The third-order valence-electron chi connectivity index (χ3n) is 4.61. The minimum Gasteiger partial charge on any atom is -0.325 e. The third kappa shape index (κ3) is 6.39. The van der Waals surface area contributed by atoms with E-state index >= 15 is 0 Å². The Morgan fingerprint density at radius 3 is 2.38 bits per heavy atom. The van der Waals surface area contributed by atoms with Crippen molar-refractivity contribution in [1.29, 1.82) is 0 Å². The molecule has 0 saturated carbocycles. The molecule has 0 spiro atoms. The van der Waals surface area contributed by atoms with E-state index in [2.05, 4.69) is 20.9 Å². The summed E-state index contributed by atoms with van der Waals surface area (Å²) in [5, 5.41) is 8.21. The average molecular weight is 442 g/mol. The van der Waals surface area contributed by atoms with Gasteiger partial charge in [0, 0.05) is 35.4 Å². The van der Waals surface area contributed by atoms with E-state index in [4.69, 9.17) is 0 Å². The van der Waals surface area contributed by atoms with Crippen molar-refractivity contribution in [2.45, 2.75) is 19.1 Å². The first-order valence-electron chi connectivity index (χ1n) is 9.74. The molecule has 6 nitrogen and oxygen atoms in total. The monoisotopic (exact) mass is 442 g/mol. The van der Waals surface area contributed by atoms with Crippen LogP contribution < -0.4 is 16.0 Å². The molecule has 1 unspecified atom stereocenters. The largest absolute Gasteiger partial charge is 0.416 e. The van der Waals surface area contributed by atoms with Gasteiger partial charge in [0.1, 0.15) is 0 Å². The van der Waals surface area contributed by atoms with Gasteiger partial charge in [-0.15, -0.1) is 0 Å². The van der Waals surface area contributed by atoms with E-state index in [1.165, 1.54) is 24.3 Å². The fourth-order valence-corrected chi connectivity index (χ4v) is 2.92. The number of benzene rings is 2. The topological polar surface area (TPSA) is 83.1 Å². The molecule has 0 aliphatic heterocycles. The molecule has 3 aromatic rings. The highest BCUT2D eigenvalue weighted by molar-refractivity contribution is 6.05. The Hall–Kier alpha value is -3.72. The second-order valence-corrected chi connectivity index (χ2v) is 7.05. The number of halogens is 3. The zero-order valence-electron chi connectivity index (χ0n) is 17.1. The Labute approximate surface area is 182 Å². The molecule has 0 fully saturated rings. The van der Waals surface area contributed by atoms with Crippen LogP contribution in [0.15, 0.2) is 73.1 Å². The quantitative estimate of drug-likeness (QED) is 0.498. The number of hydrogen-bond acceptors (Lipinski definition) is 4. The lowest BCUT2D eigenvalue weighted by atomic mass is 10.1. The van der Waals surface area contributed by atoms with Crippen LogP contribution >= 0.6 is 0 Å². The molecule has 32 heavy (non-hydrogen) atoms. The van der Waals surface area contributed by atoms with Gasteiger partial charge in [-0.05, 0) is 55.0 Å². The number of anilines is 2. The van der Waals surface area contributed by atoms with Gasteiger partial charge in [0.2, 0.25) is 5.91 Å². The fraction of sp³-hybridized carbons (Fsp3) is 0.174. The van der Waals surface area contributed by atoms with Gasteiger partial charge in [0.05, 0.1) is 12.1 Å². The van der Waals surface area contributed by atoms with E-state index in [1.807, 2.05) is 19.1 Å². The molecule has 0 aliphatic rings. The summed E-state index contributed by atoms with van der Waals surface area (Å²) >= 11 is 0. The zero-order chi connectivity index (χ0) is 23.1. The van der Waals surface area contributed by atoms with Crippen molar-refractivity contribution in [3.05, 3.63) is 89.7 Å². The van der Waals surface area contributed by atoms with Crippen LogP contribution in [0, 0.1) is 0 Å². The number of carbonyl (C=O) groups excluding carboxylic acids is 2. The second kappa shape index (κ2) is 10.1. The Bertz CT molecular complexity index is 1090. The van der Waals surface area contributed by atoms with E-state index in [0.717, 1.165) is 17.7 Å². The van der Waals surface area contributed by atoms with Gasteiger partial charge in [-0.1, -0.05) is 18.2 Å². The summed E-state index contributed by atoms with van der Waals surface area (Å²) in [7, 11) is 0. The number of nitrogens with one attached hydrogen (secondary N) is 3. The lowest BCUT2D eigenvalue weighted by Gasteiger charge is -2.14. The summed E-state index contributed by atoms with van der Waals surface area (Å²) in [6, 6.07) is 14.1. The predicted octanol–water partition coefficient (Wildman–Crippen LogP) is 4.64. The number of alkyl halides is 3. The number of aromatic nitrogens is 1. The molecule has 1 heterocycles. The third-order valence-corrected chi connectivity index (χ3v) is 4.61. The second-order valence-electron chi connectivity index (χ2n) is 7.05. The van der Waals surface area contributed by atoms with Gasteiger partial charge in [0.25, 0.3) is 5.91 Å². The summed E-state index contributed by atoms with van der Waals surface area (Å²) in [6.07, 6.45) is -1.13. The van der Waals surface area contributed by atoms with Crippen molar-refractivity contribution >= 4 is 23.2 Å². The summed E-state index contributed by atoms with van der Waals surface area (Å²) in [6.45, 7) is 1.94. The first kappa shape index (κ1) is 23.0. The summed E-state index contributed by atoms with van der Waals surface area (Å²) in [5.74, 6) is -0.903.